The molecular formula is C12H15N3O3S. The van der Waals surface area contributed by atoms with Crippen LogP contribution in [0.25, 0.3) is 0 Å². The van der Waals surface area contributed by atoms with E-state index in [-0.39, 0.29) is 5.03 Å². The quantitative estimate of drug-likeness (QED) is 0.872. The Hall–Kier alpha value is -1.86. The first kappa shape index (κ1) is 13.6. The Labute approximate surface area is 111 Å². The van der Waals surface area contributed by atoms with Crippen molar-refractivity contribution >= 4 is 10.0 Å². The number of sulfonamides is 1. The van der Waals surface area contributed by atoms with Crippen LogP contribution in [-0.2, 0) is 16.4 Å². The monoisotopic (exact) mass is 281 g/mol. The van der Waals surface area contributed by atoms with Gasteiger partial charge in [0.05, 0.1) is 7.11 Å². The van der Waals surface area contributed by atoms with Gasteiger partial charge in [-0.15, -0.1) is 0 Å². The fourth-order valence-corrected chi connectivity index (χ4v) is 2.53. The van der Waals surface area contributed by atoms with Gasteiger partial charge in [-0.1, -0.05) is 12.1 Å². The molecule has 0 spiro atoms. The van der Waals surface area contributed by atoms with Crippen LogP contribution in [0.5, 0.6) is 5.75 Å². The van der Waals surface area contributed by atoms with E-state index in [4.69, 9.17) is 9.88 Å². The highest BCUT2D eigenvalue weighted by atomic mass is 32.2. The normalized spacial score (nSPS) is 11.5. The summed E-state index contributed by atoms with van der Waals surface area (Å²) >= 11 is 0. The zero-order valence-electron chi connectivity index (χ0n) is 10.7. The van der Waals surface area contributed by atoms with Gasteiger partial charge in [-0.2, -0.15) is 5.10 Å². The number of nitrogens with two attached hydrogens (primary N) is 1. The summed E-state index contributed by atoms with van der Waals surface area (Å²) in [4.78, 5) is 0. The number of nitrogens with zero attached hydrogens (tertiary/aromatic N) is 1. The van der Waals surface area contributed by atoms with Crippen molar-refractivity contribution < 1.29 is 13.2 Å². The van der Waals surface area contributed by atoms with Crippen LogP contribution in [0, 0.1) is 6.92 Å². The standard InChI is InChI=1S/C12H15N3O3S/c1-8-11(14-15-12(8)19(13,16)17)7-9-3-5-10(18-2)6-4-9/h3-6H,7H2,1-2H3,(H,14,15)(H2,13,16,17). The molecule has 1 heterocycles. The van der Waals surface area contributed by atoms with Crippen molar-refractivity contribution in [2.45, 2.75) is 18.4 Å². The maximum atomic E-state index is 11.3. The van der Waals surface area contributed by atoms with Gasteiger partial charge in [0.25, 0.3) is 10.0 Å². The summed E-state index contributed by atoms with van der Waals surface area (Å²) in [5.41, 5.74) is 2.31. The number of ether oxygens (including phenoxy) is 1. The second-order valence-electron chi connectivity index (χ2n) is 4.20. The minimum Gasteiger partial charge on any atom is -0.497 e. The molecule has 0 saturated carbocycles. The summed E-state index contributed by atoms with van der Waals surface area (Å²) in [5, 5.41) is 11.4. The van der Waals surface area contributed by atoms with E-state index in [0.717, 1.165) is 17.0 Å². The molecule has 1 aromatic carbocycles. The van der Waals surface area contributed by atoms with E-state index in [1.54, 1.807) is 14.0 Å². The number of hydrogen-bond acceptors (Lipinski definition) is 4. The third-order valence-electron chi connectivity index (χ3n) is 2.88. The van der Waals surface area contributed by atoms with E-state index in [9.17, 15) is 8.42 Å². The Bertz CT molecular complexity index is 675. The first-order valence-corrected chi connectivity index (χ1v) is 7.16. The Kier molecular flexibility index (Phi) is 3.59. The van der Waals surface area contributed by atoms with Gasteiger partial charge in [0, 0.05) is 17.7 Å². The van der Waals surface area contributed by atoms with Crippen LogP contribution in [0.3, 0.4) is 0 Å². The number of nitrogens with one attached hydrogen (secondary N) is 1. The van der Waals surface area contributed by atoms with Crippen molar-refractivity contribution in [3.05, 3.63) is 41.1 Å². The van der Waals surface area contributed by atoms with Crippen molar-refractivity contribution in [3.63, 3.8) is 0 Å². The number of primary sulfonamides is 1. The van der Waals surface area contributed by atoms with E-state index in [1.165, 1.54) is 0 Å². The third kappa shape index (κ3) is 2.94. The first-order valence-electron chi connectivity index (χ1n) is 5.61. The minimum absolute atomic E-state index is 0.101. The van der Waals surface area contributed by atoms with Crippen molar-refractivity contribution in [1.29, 1.82) is 0 Å². The molecule has 0 aliphatic carbocycles. The molecule has 0 saturated heterocycles. The third-order valence-corrected chi connectivity index (χ3v) is 3.81. The number of hydrogen-bond donors (Lipinski definition) is 2. The predicted octanol–water partition coefficient (Wildman–Crippen LogP) is 0.965. The van der Waals surface area contributed by atoms with Gasteiger partial charge >= 0.3 is 0 Å². The first-order chi connectivity index (χ1) is 8.91. The molecule has 0 aliphatic heterocycles. The summed E-state index contributed by atoms with van der Waals surface area (Å²) in [5.74, 6) is 0.773. The lowest BCUT2D eigenvalue weighted by Crippen LogP contribution is -2.13. The highest BCUT2D eigenvalue weighted by Crippen LogP contribution is 2.19. The Morgan fingerprint density at radius 3 is 2.42 bits per heavy atom. The molecule has 0 amide bonds. The van der Waals surface area contributed by atoms with Gasteiger partial charge in [0.1, 0.15) is 5.75 Å². The Balaban J connectivity index is 2.26. The largest absolute Gasteiger partial charge is 0.497 e. The highest BCUT2D eigenvalue weighted by Gasteiger charge is 2.18. The van der Waals surface area contributed by atoms with Crippen molar-refractivity contribution in [2.24, 2.45) is 5.14 Å². The molecule has 6 nitrogen and oxygen atoms in total. The van der Waals surface area contributed by atoms with Crippen molar-refractivity contribution in [2.75, 3.05) is 7.11 Å². The molecule has 0 atom stereocenters. The summed E-state index contributed by atoms with van der Waals surface area (Å²) in [7, 11) is -2.17. The molecule has 1 aromatic heterocycles. The molecule has 0 aliphatic rings. The Morgan fingerprint density at radius 1 is 1.32 bits per heavy atom. The number of aromatic nitrogens is 2. The van der Waals surface area contributed by atoms with Gasteiger partial charge in [-0.3, -0.25) is 5.10 Å². The average molecular weight is 281 g/mol. The van der Waals surface area contributed by atoms with Crippen molar-refractivity contribution in [3.8, 4) is 5.75 Å². The fourth-order valence-electron chi connectivity index (χ4n) is 1.81. The lowest BCUT2D eigenvalue weighted by atomic mass is 10.1. The number of aromatic amines is 1. The summed E-state index contributed by atoms with van der Waals surface area (Å²) in [6.45, 7) is 1.68. The lowest BCUT2D eigenvalue weighted by Gasteiger charge is -2.03. The van der Waals surface area contributed by atoms with Crippen LogP contribution < -0.4 is 9.88 Å². The maximum Gasteiger partial charge on any atom is 0.257 e. The average Bonchev–Trinajstić information content (AvgIpc) is 2.72. The molecule has 0 unspecified atom stereocenters. The second-order valence-corrected chi connectivity index (χ2v) is 5.68. The van der Waals surface area contributed by atoms with Crippen LogP contribution >= 0.6 is 0 Å². The molecule has 2 aromatic rings. The van der Waals surface area contributed by atoms with E-state index in [2.05, 4.69) is 10.2 Å². The predicted molar refractivity (Wildman–Crippen MR) is 70.5 cm³/mol. The summed E-state index contributed by atoms with van der Waals surface area (Å²) in [6, 6.07) is 7.52. The smallest absolute Gasteiger partial charge is 0.257 e. The number of methoxy groups -OCH3 is 1. The zero-order valence-corrected chi connectivity index (χ0v) is 11.5. The molecule has 2 rings (SSSR count). The zero-order chi connectivity index (χ0) is 14.0. The molecule has 0 radical (unpaired) electrons. The summed E-state index contributed by atoms with van der Waals surface area (Å²) < 4.78 is 27.6. The van der Waals surface area contributed by atoms with E-state index in [0.29, 0.717) is 12.0 Å². The molecule has 0 fully saturated rings. The van der Waals surface area contributed by atoms with Crippen molar-refractivity contribution in [1.82, 2.24) is 10.2 Å². The number of benzene rings is 1. The van der Waals surface area contributed by atoms with E-state index < -0.39 is 10.0 Å². The van der Waals surface area contributed by atoms with Crippen LogP contribution in [0.15, 0.2) is 29.3 Å². The Morgan fingerprint density at radius 2 is 1.95 bits per heavy atom. The van der Waals surface area contributed by atoms with Gasteiger partial charge in [0.2, 0.25) is 0 Å². The van der Waals surface area contributed by atoms with E-state index in [1.807, 2.05) is 24.3 Å². The minimum atomic E-state index is -3.78. The molecule has 102 valence electrons. The number of H-pyrrole nitrogens is 1. The lowest BCUT2D eigenvalue weighted by molar-refractivity contribution is 0.414. The van der Waals surface area contributed by atoms with E-state index >= 15 is 0 Å². The second kappa shape index (κ2) is 5.02. The molecule has 0 bridgehead atoms. The highest BCUT2D eigenvalue weighted by molar-refractivity contribution is 7.89. The van der Waals surface area contributed by atoms with Gasteiger partial charge in [0.15, 0.2) is 5.03 Å². The fraction of sp³-hybridized carbons (Fsp3) is 0.250. The van der Waals surface area contributed by atoms with Crippen LogP contribution in [0.2, 0.25) is 0 Å². The van der Waals surface area contributed by atoms with Gasteiger partial charge in [-0.25, -0.2) is 13.6 Å². The SMILES string of the molecule is COc1ccc(Cc2[nH]nc(S(N)(=O)=O)c2C)cc1. The molecule has 3 N–H and O–H groups in total. The topological polar surface area (TPSA) is 98.1 Å². The molecule has 19 heavy (non-hydrogen) atoms. The van der Waals surface area contributed by atoms with Crippen LogP contribution in [0.1, 0.15) is 16.8 Å². The van der Waals surface area contributed by atoms with Crippen LogP contribution in [-0.4, -0.2) is 25.7 Å². The molecular weight excluding hydrogens is 266 g/mol. The van der Waals surface area contributed by atoms with Gasteiger partial charge in [-0.05, 0) is 24.6 Å². The van der Waals surface area contributed by atoms with Gasteiger partial charge < -0.3 is 4.74 Å². The summed E-state index contributed by atoms with van der Waals surface area (Å²) in [6.07, 6.45) is 0.554. The maximum absolute atomic E-state index is 11.3. The number of rotatable bonds is 4. The van der Waals surface area contributed by atoms with Crippen LogP contribution in [0.4, 0.5) is 0 Å². The molecule has 7 heteroatoms.